The Hall–Kier alpha value is -2.53. The molecular formula is C24H24INO6S. The van der Waals surface area contributed by atoms with Crippen molar-refractivity contribution < 1.29 is 28.6 Å². The van der Waals surface area contributed by atoms with Crippen LogP contribution in [-0.4, -0.2) is 41.8 Å². The zero-order chi connectivity index (χ0) is 24.1. The van der Waals surface area contributed by atoms with Crippen LogP contribution in [0.1, 0.15) is 30.5 Å². The van der Waals surface area contributed by atoms with Crippen LogP contribution in [0.3, 0.4) is 0 Å². The predicted octanol–water partition coefficient (Wildman–Crippen LogP) is 5.18. The SMILES string of the molecule is COc1cc(/C=C2\SC(=O)N(CC(=O)OC(C)C)C2=O)cc(I)c1OCc1ccc(C)cc1. The number of imide groups is 1. The highest BCUT2D eigenvalue weighted by Gasteiger charge is 2.36. The lowest BCUT2D eigenvalue weighted by Crippen LogP contribution is -2.35. The van der Waals surface area contributed by atoms with E-state index in [2.05, 4.69) is 22.6 Å². The van der Waals surface area contributed by atoms with Gasteiger partial charge in [0.05, 0.1) is 21.7 Å². The minimum atomic E-state index is -0.625. The number of hydrogen-bond donors (Lipinski definition) is 0. The third kappa shape index (κ3) is 6.50. The van der Waals surface area contributed by atoms with Crippen molar-refractivity contribution in [2.45, 2.75) is 33.5 Å². The summed E-state index contributed by atoms with van der Waals surface area (Å²) in [6.45, 7) is 5.41. The van der Waals surface area contributed by atoms with E-state index in [1.54, 1.807) is 33.1 Å². The summed E-state index contributed by atoms with van der Waals surface area (Å²) in [6.07, 6.45) is 1.28. The number of halogens is 1. The Kier molecular flexibility index (Phi) is 8.41. The molecule has 0 bridgehead atoms. The van der Waals surface area contributed by atoms with Gasteiger partial charge in [-0.15, -0.1) is 0 Å². The highest BCUT2D eigenvalue weighted by atomic mass is 127. The van der Waals surface area contributed by atoms with Crippen molar-refractivity contribution in [2.75, 3.05) is 13.7 Å². The number of carbonyl (C=O) groups excluding carboxylic acids is 3. The number of carbonyl (C=O) groups is 3. The summed E-state index contributed by atoms with van der Waals surface area (Å²) >= 11 is 2.93. The van der Waals surface area contributed by atoms with Crippen LogP contribution in [0.5, 0.6) is 11.5 Å². The molecule has 0 spiro atoms. The molecule has 0 unspecified atom stereocenters. The van der Waals surface area contributed by atoms with E-state index < -0.39 is 23.7 Å². The first-order valence-electron chi connectivity index (χ1n) is 10.2. The average Bonchev–Trinajstić information content (AvgIpc) is 3.00. The highest BCUT2D eigenvalue weighted by Crippen LogP contribution is 2.37. The third-order valence-electron chi connectivity index (χ3n) is 4.58. The highest BCUT2D eigenvalue weighted by molar-refractivity contribution is 14.1. The lowest BCUT2D eigenvalue weighted by molar-refractivity contribution is -0.149. The van der Waals surface area contributed by atoms with E-state index in [0.717, 1.165) is 25.8 Å². The molecule has 9 heteroatoms. The third-order valence-corrected chi connectivity index (χ3v) is 6.29. The molecule has 2 aromatic carbocycles. The molecule has 1 aliphatic rings. The topological polar surface area (TPSA) is 82.1 Å². The number of ether oxygens (including phenoxy) is 3. The van der Waals surface area contributed by atoms with E-state index in [4.69, 9.17) is 14.2 Å². The van der Waals surface area contributed by atoms with Gasteiger partial charge in [0.1, 0.15) is 13.2 Å². The number of nitrogens with zero attached hydrogens (tertiary/aromatic N) is 1. The normalized spacial score (nSPS) is 14.8. The molecule has 174 valence electrons. The molecule has 0 aliphatic carbocycles. The fourth-order valence-electron chi connectivity index (χ4n) is 3.02. The van der Waals surface area contributed by atoms with Crippen molar-refractivity contribution in [1.29, 1.82) is 0 Å². The Balaban J connectivity index is 1.77. The average molecular weight is 581 g/mol. The summed E-state index contributed by atoms with van der Waals surface area (Å²) < 4.78 is 17.3. The first-order chi connectivity index (χ1) is 15.7. The number of benzene rings is 2. The summed E-state index contributed by atoms with van der Waals surface area (Å²) in [5.74, 6) is -0.0420. The van der Waals surface area contributed by atoms with Gasteiger partial charge in [0.15, 0.2) is 11.5 Å². The minimum Gasteiger partial charge on any atom is -0.493 e. The molecule has 1 saturated heterocycles. The van der Waals surface area contributed by atoms with Crippen molar-refractivity contribution in [3.63, 3.8) is 0 Å². The second-order valence-corrected chi connectivity index (χ2v) is 9.77. The molecule has 0 radical (unpaired) electrons. The number of aryl methyl sites for hydroxylation is 1. The maximum absolute atomic E-state index is 12.7. The van der Waals surface area contributed by atoms with Crippen LogP contribution in [0.4, 0.5) is 4.79 Å². The first-order valence-corrected chi connectivity index (χ1v) is 12.1. The van der Waals surface area contributed by atoms with Gasteiger partial charge in [-0.2, -0.15) is 0 Å². The largest absolute Gasteiger partial charge is 0.493 e. The summed E-state index contributed by atoms with van der Waals surface area (Å²) in [6, 6.07) is 11.7. The minimum absolute atomic E-state index is 0.225. The van der Waals surface area contributed by atoms with Crippen molar-refractivity contribution >= 4 is 57.5 Å². The van der Waals surface area contributed by atoms with Crippen LogP contribution in [-0.2, 0) is 20.9 Å². The molecule has 0 saturated carbocycles. The summed E-state index contributed by atoms with van der Waals surface area (Å²) in [5, 5.41) is -0.508. The van der Waals surface area contributed by atoms with Crippen LogP contribution in [0.2, 0.25) is 0 Å². The van der Waals surface area contributed by atoms with E-state index >= 15 is 0 Å². The van der Waals surface area contributed by atoms with Crippen LogP contribution in [0.25, 0.3) is 6.08 Å². The second-order valence-electron chi connectivity index (χ2n) is 7.61. The van der Waals surface area contributed by atoms with E-state index in [9.17, 15) is 14.4 Å². The molecule has 1 fully saturated rings. The van der Waals surface area contributed by atoms with Gasteiger partial charge in [-0.1, -0.05) is 29.8 Å². The Morgan fingerprint density at radius 2 is 1.88 bits per heavy atom. The lowest BCUT2D eigenvalue weighted by Gasteiger charge is -2.14. The molecule has 1 aliphatic heterocycles. The van der Waals surface area contributed by atoms with Gasteiger partial charge in [0.2, 0.25) is 0 Å². The summed E-state index contributed by atoms with van der Waals surface area (Å²) in [7, 11) is 1.54. The Bertz CT molecular complexity index is 1100. The zero-order valence-electron chi connectivity index (χ0n) is 18.7. The molecule has 33 heavy (non-hydrogen) atoms. The van der Waals surface area contributed by atoms with Crippen molar-refractivity contribution in [3.8, 4) is 11.5 Å². The van der Waals surface area contributed by atoms with Gasteiger partial charge >= 0.3 is 5.97 Å². The molecule has 2 aromatic rings. The fourth-order valence-corrected chi connectivity index (χ4v) is 4.64. The summed E-state index contributed by atoms with van der Waals surface area (Å²) in [5.41, 5.74) is 2.89. The van der Waals surface area contributed by atoms with Crippen LogP contribution < -0.4 is 9.47 Å². The van der Waals surface area contributed by atoms with Crippen LogP contribution in [0.15, 0.2) is 41.3 Å². The van der Waals surface area contributed by atoms with Gasteiger partial charge < -0.3 is 14.2 Å². The van der Waals surface area contributed by atoms with Crippen LogP contribution >= 0.6 is 34.4 Å². The Morgan fingerprint density at radius 3 is 2.52 bits per heavy atom. The Morgan fingerprint density at radius 1 is 1.18 bits per heavy atom. The maximum atomic E-state index is 12.7. The second kappa shape index (κ2) is 11.1. The molecular weight excluding hydrogens is 557 g/mol. The fraction of sp³-hybridized carbons (Fsp3) is 0.292. The number of esters is 1. The van der Waals surface area contributed by atoms with Crippen molar-refractivity contribution in [3.05, 3.63) is 61.6 Å². The maximum Gasteiger partial charge on any atom is 0.326 e. The smallest absolute Gasteiger partial charge is 0.326 e. The molecule has 7 nitrogen and oxygen atoms in total. The number of amides is 2. The van der Waals surface area contributed by atoms with Gasteiger partial charge in [-0.25, -0.2) is 0 Å². The Labute approximate surface area is 210 Å². The van der Waals surface area contributed by atoms with E-state index in [1.165, 1.54) is 5.56 Å². The van der Waals surface area contributed by atoms with E-state index in [1.807, 2.05) is 37.3 Å². The standard InChI is InChI=1S/C24H24INO6S/c1-14(2)32-21(27)12-26-23(28)20(33-24(26)29)11-17-9-18(25)22(19(10-17)30-4)31-13-16-7-5-15(3)6-8-16/h5-11,14H,12-13H2,1-4H3/b20-11-. The van der Waals surface area contributed by atoms with Gasteiger partial charge in [-0.3, -0.25) is 19.3 Å². The van der Waals surface area contributed by atoms with E-state index in [0.29, 0.717) is 23.7 Å². The molecule has 0 N–H and O–H groups in total. The number of rotatable bonds is 8. The molecule has 0 atom stereocenters. The summed E-state index contributed by atoms with van der Waals surface area (Å²) in [4.78, 5) is 37.9. The zero-order valence-corrected chi connectivity index (χ0v) is 21.7. The molecule has 1 heterocycles. The van der Waals surface area contributed by atoms with Crippen LogP contribution in [0, 0.1) is 10.5 Å². The lowest BCUT2D eigenvalue weighted by atomic mass is 10.1. The molecule has 0 aromatic heterocycles. The quantitative estimate of drug-likeness (QED) is 0.242. The number of hydrogen-bond acceptors (Lipinski definition) is 7. The predicted molar refractivity (Wildman–Crippen MR) is 135 cm³/mol. The molecule has 2 amide bonds. The number of thioether (sulfide) groups is 1. The van der Waals surface area contributed by atoms with Gasteiger partial charge in [0, 0.05) is 0 Å². The van der Waals surface area contributed by atoms with E-state index in [-0.39, 0.29) is 11.0 Å². The monoisotopic (exact) mass is 581 g/mol. The van der Waals surface area contributed by atoms with Gasteiger partial charge in [-0.05, 0) is 84.5 Å². The van der Waals surface area contributed by atoms with Gasteiger partial charge in [0.25, 0.3) is 11.1 Å². The van der Waals surface area contributed by atoms with Crippen molar-refractivity contribution in [1.82, 2.24) is 4.90 Å². The van der Waals surface area contributed by atoms with Crippen molar-refractivity contribution in [2.24, 2.45) is 0 Å². The molecule has 3 rings (SSSR count). The number of methoxy groups -OCH3 is 1. The first kappa shape index (κ1) is 25.1.